The van der Waals surface area contributed by atoms with Crippen LogP contribution in [0.1, 0.15) is 16.1 Å². The number of benzene rings is 1. The Bertz CT molecular complexity index is 574. The molecule has 0 atom stereocenters. The van der Waals surface area contributed by atoms with E-state index in [0.29, 0.717) is 12.1 Å². The first-order chi connectivity index (χ1) is 7.81. The van der Waals surface area contributed by atoms with Gasteiger partial charge in [-0.15, -0.1) is 0 Å². The van der Waals surface area contributed by atoms with E-state index in [9.17, 15) is 9.18 Å². The standard InChI is InChI=1S/C12H11FN2O/c13-8-1-2-9-10(7-16)12-6-14-3-4-15(12)11(9)5-8/h1-2,5,7,14H,3-4,6H2. The molecule has 1 N–H and O–H groups in total. The van der Waals surface area contributed by atoms with Crippen molar-refractivity contribution in [2.75, 3.05) is 6.54 Å². The normalized spacial score (nSPS) is 15.1. The Morgan fingerprint density at radius 2 is 2.31 bits per heavy atom. The number of hydrogen-bond acceptors (Lipinski definition) is 2. The van der Waals surface area contributed by atoms with Crippen molar-refractivity contribution in [2.45, 2.75) is 13.1 Å². The number of carbonyl (C=O) groups is 1. The average Bonchev–Trinajstić information content (AvgIpc) is 2.62. The van der Waals surface area contributed by atoms with E-state index in [0.717, 1.165) is 36.0 Å². The van der Waals surface area contributed by atoms with Crippen LogP contribution >= 0.6 is 0 Å². The molecule has 0 amide bonds. The van der Waals surface area contributed by atoms with Crippen LogP contribution in [0.5, 0.6) is 0 Å². The summed E-state index contributed by atoms with van der Waals surface area (Å²) in [5.41, 5.74) is 2.46. The van der Waals surface area contributed by atoms with Crippen LogP contribution in [-0.2, 0) is 13.1 Å². The van der Waals surface area contributed by atoms with Crippen molar-refractivity contribution in [1.29, 1.82) is 0 Å². The summed E-state index contributed by atoms with van der Waals surface area (Å²) < 4.78 is 15.2. The van der Waals surface area contributed by atoms with E-state index in [4.69, 9.17) is 0 Å². The second-order valence-corrected chi connectivity index (χ2v) is 3.97. The van der Waals surface area contributed by atoms with Gasteiger partial charge in [0.1, 0.15) is 5.82 Å². The van der Waals surface area contributed by atoms with E-state index in [1.54, 1.807) is 6.07 Å². The highest BCUT2D eigenvalue weighted by atomic mass is 19.1. The number of nitrogens with one attached hydrogen (secondary N) is 1. The molecule has 82 valence electrons. The highest BCUT2D eigenvalue weighted by molar-refractivity contribution is 5.99. The molecule has 16 heavy (non-hydrogen) atoms. The second kappa shape index (κ2) is 3.42. The van der Waals surface area contributed by atoms with Gasteiger partial charge in [0.25, 0.3) is 0 Å². The number of nitrogens with zero attached hydrogens (tertiary/aromatic N) is 1. The first kappa shape index (κ1) is 9.54. The predicted octanol–water partition coefficient (Wildman–Crippen LogP) is 1.70. The van der Waals surface area contributed by atoms with Crippen molar-refractivity contribution < 1.29 is 9.18 Å². The number of aromatic nitrogens is 1. The van der Waals surface area contributed by atoms with Crippen molar-refractivity contribution >= 4 is 17.2 Å². The molecular formula is C12H11FN2O. The zero-order chi connectivity index (χ0) is 11.1. The van der Waals surface area contributed by atoms with Crippen molar-refractivity contribution in [3.63, 3.8) is 0 Å². The molecule has 3 rings (SSSR count). The summed E-state index contributed by atoms with van der Waals surface area (Å²) in [5.74, 6) is -0.260. The van der Waals surface area contributed by atoms with Crippen LogP contribution in [-0.4, -0.2) is 17.4 Å². The molecule has 1 aliphatic rings. The van der Waals surface area contributed by atoms with E-state index in [2.05, 4.69) is 5.32 Å². The molecule has 2 aromatic rings. The van der Waals surface area contributed by atoms with Gasteiger partial charge in [0.2, 0.25) is 0 Å². The van der Waals surface area contributed by atoms with Crippen LogP contribution in [0.3, 0.4) is 0 Å². The minimum Gasteiger partial charge on any atom is -0.341 e. The van der Waals surface area contributed by atoms with Gasteiger partial charge in [-0.2, -0.15) is 0 Å². The summed E-state index contributed by atoms with van der Waals surface area (Å²) in [6.07, 6.45) is 0.860. The summed E-state index contributed by atoms with van der Waals surface area (Å²) in [4.78, 5) is 11.1. The molecule has 1 aromatic carbocycles. The number of halogens is 1. The lowest BCUT2D eigenvalue weighted by molar-refractivity contribution is 0.112. The summed E-state index contributed by atoms with van der Waals surface area (Å²) in [6.45, 7) is 2.30. The van der Waals surface area contributed by atoms with Crippen molar-refractivity contribution in [3.05, 3.63) is 35.3 Å². The van der Waals surface area contributed by atoms with Gasteiger partial charge in [-0.05, 0) is 18.2 Å². The van der Waals surface area contributed by atoms with Gasteiger partial charge in [0, 0.05) is 36.3 Å². The molecule has 0 radical (unpaired) electrons. The highest BCUT2D eigenvalue weighted by Gasteiger charge is 2.19. The molecule has 4 heteroatoms. The smallest absolute Gasteiger partial charge is 0.152 e. The quantitative estimate of drug-likeness (QED) is 0.739. The molecule has 0 spiro atoms. The Morgan fingerprint density at radius 3 is 3.12 bits per heavy atom. The van der Waals surface area contributed by atoms with Gasteiger partial charge in [-0.3, -0.25) is 4.79 Å². The molecular weight excluding hydrogens is 207 g/mol. The minimum absolute atomic E-state index is 0.260. The Balaban J connectivity index is 2.41. The van der Waals surface area contributed by atoms with Gasteiger partial charge in [0.05, 0.1) is 5.52 Å². The van der Waals surface area contributed by atoms with E-state index >= 15 is 0 Å². The van der Waals surface area contributed by atoms with Crippen molar-refractivity contribution in [2.24, 2.45) is 0 Å². The van der Waals surface area contributed by atoms with Crippen molar-refractivity contribution in [1.82, 2.24) is 9.88 Å². The average molecular weight is 218 g/mol. The fraction of sp³-hybridized carbons (Fsp3) is 0.250. The lowest BCUT2D eigenvalue weighted by Crippen LogP contribution is -2.28. The predicted molar refractivity (Wildman–Crippen MR) is 59.0 cm³/mol. The molecule has 0 aliphatic carbocycles. The van der Waals surface area contributed by atoms with Crippen LogP contribution in [0.4, 0.5) is 4.39 Å². The SMILES string of the molecule is O=Cc1c2n(c3cc(F)ccc13)CCNC2. The van der Waals surface area contributed by atoms with E-state index in [-0.39, 0.29) is 5.82 Å². The third-order valence-electron chi connectivity index (χ3n) is 3.10. The molecule has 0 fully saturated rings. The van der Waals surface area contributed by atoms with Crippen LogP contribution < -0.4 is 5.32 Å². The fourth-order valence-electron chi connectivity index (χ4n) is 2.38. The first-order valence-corrected chi connectivity index (χ1v) is 5.28. The topological polar surface area (TPSA) is 34.0 Å². The van der Waals surface area contributed by atoms with Crippen molar-refractivity contribution in [3.8, 4) is 0 Å². The largest absolute Gasteiger partial charge is 0.341 e. The Labute approximate surface area is 91.9 Å². The first-order valence-electron chi connectivity index (χ1n) is 5.28. The van der Waals surface area contributed by atoms with Crippen LogP contribution in [0.25, 0.3) is 10.9 Å². The monoisotopic (exact) mass is 218 g/mol. The maximum atomic E-state index is 13.2. The number of hydrogen-bond donors (Lipinski definition) is 1. The Morgan fingerprint density at radius 1 is 1.44 bits per heavy atom. The molecule has 0 saturated carbocycles. The number of aldehydes is 1. The minimum atomic E-state index is -0.260. The molecule has 1 aliphatic heterocycles. The van der Waals surface area contributed by atoms with Gasteiger partial charge < -0.3 is 9.88 Å². The third kappa shape index (κ3) is 1.20. The van der Waals surface area contributed by atoms with E-state index in [1.165, 1.54) is 12.1 Å². The van der Waals surface area contributed by atoms with Gasteiger partial charge in [-0.1, -0.05) is 0 Å². The summed E-state index contributed by atoms with van der Waals surface area (Å²) in [6, 6.07) is 4.58. The fourth-order valence-corrected chi connectivity index (χ4v) is 2.38. The van der Waals surface area contributed by atoms with Crippen LogP contribution in [0.15, 0.2) is 18.2 Å². The molecule has 2 heterocycles. The third-order valence-corrected chi connectivity index (χ3v) is 3.10. The molecule has 0 unspecified atom stereocenters. The molecule has 1 aromatic heterocycles. The summed E-state index contributed by atoms with van der Waals surface area (Å²) in [7, 11) is 0. The Hall–Kier alpha value is -1.68. The van der Waals surface area contributed by atoms with E-state index < -0.39 is 0 Å². The van der Waals surface area contributed by atoms with Crippen LogP contribution in [0, 0.1) is 5.82 Å². The zero-order valence-electron chi connectivity index (χ0n) is 8.66. The highest BCUT2D eigenvalue weighted by Crippen LogP contribution is 2.27. The zero-order valence-corrected chi connectivity index (χ0v) is 8.66. The van der Waals surface area contributed by atoms with Gasteiger partial charge in [-0.25, -0.2) is 4.39 Å². The second-order valence-electron chi connectivity index (χ2n) is 3.97. The molecule has 0 saturated heterocycles. The molecule has 3 nitrogen and oxygen atoms in total. The Kier molecular flexibility index (Phi) is 2.04. The number of fused-ring (bicyclic) bond motifs is 3. The summed E-state index contributed by atoms with van der Waals surface area (Å²) >= 11 is 0. The van der Waals surface area contributed by atoms with E-state index in [1.807, 2.05) is 4.57 Å². The van der Waals surface area contributed by atoms with Crippen LogP contribution in [0.2, 0.25) is 0 Å². The van der Waals surface area contributed by atoms with Gasteiger partial charge >= 0.3 is 0 Å². The molecule has 0 bridgehead atoms. The maximum absolute atomic E-state index is 13.2. The number of rotatable bonds is 1. The van der Waals surface area contributed by atoms with Gasteiger partial charge in [0.15, 0.2) is 6.29 Å². The lowest BCUT2D eigenvalue weighted by Gasteiger charge is -2.17. The lowest BCUT2D eigenvalue weighted by atomic mass is 10.1. The number of carbonyl (C=O) groups excluding carboxylic acids is 1. The summed E-state index contributed by atoms with van der Waals surface area (Å²) in [5, 5.41) is 4.06. The maximum Gasteiger partial charge on any atom is 0.152 e.